The fourth-order valence-corrected chi connectivity index (χ4v) is 12.8. The molecule has 2 heterocycles. The highest BCUT2D eigenvalue weighted by Crippen LogP contribution is 2.78. The van der Waals surface area contributed by atoms with Crippen molar-refractivity contribution in [2.75, 3.05) is 6.61 Å². The molecule has 0 aromatic rings. The number of rotatable bonds is 3. The smallest absolute Gasteiger partial charge is 0.312 e. The summed E-state index contributed by atoms with van der Waals surface area (Å²) in [5.41, 5.74) is -0.885. The van der Waals surface area contributed by atoms with Gasteiger partial charge in [-0.05, 0) is 112 Å². The standard InChI is InChI=1S/C34H52O6/c1-20-27-23-9-10-25-30(6)13-12-26(39-22(3)36)29(4,5)24(30)11-14-31(25,7)34(23,19-38-21(2)35)18-17-33(27)16-15-32(20,8)40-28(33)37/h20,23-27H,9-19H2,1-8H3/t20-,23+,24-,25+,26+,27+,30-,31+,32-,33-,34-/m0/s1. The van der Waals surface area contributed by atoms with Gasteiger partial charge in [-0.2, -0.15) is 0 Å². The number of esters is 3. The Kier molecular flexibility index (Phi) is 6.22. The molecule has 7 rings (SSSR count). The minimum atomic E-state index is -0.394. The number of carbonyl (C=O) groups is 3. The zero-order chi connectivity index (χ0) is 29.1. The molecule has 6 heteroatoms. The molecule has 2 bridgehead atoms. The fraction of sp³-hybridized carbons (Fsp3) is 0.912. The van der Waals surface area contributed by atoms with E-state index < -0.39 is 5.60 Å². The maximum Gasteiger partial charge on any atom is 0.312 e. The quantitative estimate of drug-likeness (QED) is 0.279. The Morgan fingerprint density at radius 1 is 0.850 bits per heavy atom. The van der Waals surface area contributed by atoms with Crippen LogP contribution in [0.2, 0.25) is 0 Å². The summed E-state index contributed by atoms with van der Waals surface area (Å²) in [6.45, 7) is 17.7. The van der Waals surface area contributed by atoms with Crippen LogP contribution in [0.25, 0.3) is 0 Å². The van der Waals surface area contributed by atoms with E-state index in [9.17, 15) is 14.4 Å². The van der Waals surface area contributed by atoms with Crippen LogP contribution in [0.5, 0.6) is 0 Å². The lowest BCUT2D eigenvalue weighted by Gasteiger charge is -2.75. The van der Waals surface area contributed by atoms with Crippen LogP contribution < -0.4 is 0 Å². The molecule has 5 aliphatic carbocycles. The minimum Gasteiger partial charge on any atom is -0.465 e. The summed E-state index contributed by atoms with van der Waals surface area (Å²) < 4.78 is 18.1. The maximum absolute atomic E-state index is 13.6. The summed E-state index contributed by atoms with van der Waals surface area (Å²) in [7, 11) is 0. The van der Waals surface area contributed by atoms with Crippen LogP contribution in [0.15, 0.2) is 0 Å². The molecule has 6 nitrogen and oxygen atoms in total. The van der Waals surface area contributed by atoms with E-state index in [4.69, 9.17) is 14.2 Å². The van der Waals surface area contributed by atoms with E-state index in [0.29, 0.717) is 30.3 Å². The van der Waals surface area contributed by atoms with E-state index in [0.717, 1.165) is 64.2 Å². The van der Waals surface area contributed by atoms with Crippen LogP contribution in [0, 0.1) is 56.7 Å². The van der Waals surface area contributed by atoms with Crippen LogP contribution in [0.1, 0.15) is 120 Å². The molecular weight excluding hydrogens is 504 g/mol. The summed E-state index contributed by atoms with van der Waals surface area (Å²) in [4.78, 5) is 38.0. The highest BCUT2D eigenvalue weighted by molar-refractivity contribution is 5.80. The highest BCUT2D eigenvalue weighted by Gasteiger charge is 2.76. The zero-order valence-electron chi connectivity index (χ0n) is 26.2. The average molecular weight is 557 g/mol. The SMILES string of the molecule is CC(=O)OC[C@@]12CC[C@]34CC[C@](C)(OC3=O)[C@@H](C)[C@@H]4[C@H]1CC[C@@H]1[C@@]3(C)CC[C@@H](OC(C)=O)C(C)(C)[C@@H]3CC[C@]12C. The van der Waals surface area contributed by atoms with Crippen molar-refractivity contribution in [3.63, 3.8) is 0 Å². The third-order valence-corrected chi connectivity index (χ3v) is 14.8. The molecule has 7 fully saturated rings. The van der Waals surface area contributed by atoms with Crippen molar-refractivity contribution in [1.29, 1.82) is 0 Å². The predicted octanol–water partition coefficient (Wildman–Crippen LogP) is 6.88. The van der Waals surface area contributed by atoms with Gasteiger partial charge in [-0.3, -0.25) is 14.4 Å². The molecule has 0 unspecified atom stereocenters. The number of fused-ring (bicyclic) bond motifs is 7. The molecule has 0 amide bonds. The van der Waals surface area contributed by atoms with Crippen LogP contribution in [0.4, 0.5) is 0 Å². The van der Waals surface area contributed by atoms with Gasteiger partial charge in [0.1, 0.15) is 11.7 Å². The van der Waals surface area contributed by atoms with Crippen molar-refractivity contribution in [2.45, 2.75) is 131 Å². The molecule has 2 saturated heterocycles. The van der Waals surface area contributed by atoms with Crippen molar-refractivity contribution >= 4 is 17.9 Å². The number of ether oxygens (including phenoxy) is 3. The minimum absolute atomic E-state index is 0.00377. The Morgan fingerprint density at radius 2 is 1.55 bits per heavy atom. The first-order valence-corrected chi connectivity index (χ1v) is 16.1. The van der Waals surface area contributed by atoms with E-state index in [2.05, 4.69) is 41.5 Å². The molecule has 7 aliphatic rings. The van der Waals surface area contributed by atoms with Crippen molar-refractivity contribution < 1.29 is 28.6 Å². The van der Waals surface area contributed by atoms with Gasteiger partial charge >= 0.3 is 17.9 Å². The van der Waals surface area contributed by atoms with Crippen molar-refractivity contribution in [3.05, 3.63) is 0 Å². The van der Waals surface area contributed by atoms with E-state index in [1.165, 1.54) is 6.92 Å². The van der Waals surface area contributed by atoms with Crippen LogP contribution in [0.3, 0.4) is 0 Å². The number of hydrogen-bond donors (Lipinski definition) is 0. The first-order chi connectivity index (χ1) is 18.6. The van der Waals surface area contributed by atoms with Gasteiger partial charge in [-0.15, -0.1) is 0 Å². The fourth-order valence-electron chi connectivity index (χ4n) is 12.8. The van der Waals surface area contributed by atoms with Gasteiger partial charge in [0.25, 0.3) is 0 Å². The number of hydrogen-bond acceptors (Lipinski definition) is 6. The predicted molar refractivity (Wildman–Crippen MR) is 151 cm³/mol. The van der Waals surface area contributed by atoms with Crippen LogP contribution >= 0.6 is 0 Å². The summed E-state index contributed by atoms with van der Waals surface area (Å²) in [6, 6.07) is 0. The van der Waals surface area contributed by atoms with Gasteiger partial charge < -0.3 is 14.2 Å². The Bertz CT molecular complexity index is 1110. The third kappa shape index (κ3) is 3.43. The van der Waals surface area contributed by atoms with Crippen molar-refractivity contribution in [3.8, 4) is 0 Å². The number of carbonyl (C=O) groups excluding carboxylic acids is 3. The Balaban J connectivity index is 1.42. The molecule has 0 aromatic heterocycles. The second-order valence-electron chi connectivity index (χ2n) is 16.3. The summed E-state index contributed by atoms with van der Waals surface area (Å²) in [5.74, 6) is 1.54. The molecule has 0 aromatic carbocycles. The van der Waals surface area contributed by atoms with E-state index in [-0.39, 0.29) is 57.0 Å². The van der Waals surface area contributed by atoms with E-state index in [1.54, 1.807) is 6.92 Å². The van der Waals surface area contributed by atoms with Crippen molar-refractivity contribution in [1.82, 2.24) is 0 Å². The van der Waals surface area contributed by atoms with E-state index >= 15 is 0 Å². The largest absolute Gasteiger partial charge is 0.465 e. The molecule has 2 aliphatic heterocycles. The molecule has 224 valence electrons. The summed E-state index contributed by atoms with van der Waals surface area (Å²) in [5, 5.41) is 0. The third-order valence-electron chi connectivity index (χ3n) is 14.8. The van der Waals surface area contributed by atoms with Gasteiger partial charge in [-0.25, -0.2) is 0 Å². The summed E-state index contributed by atoms with van der Waals surface area (Å²) in [6.07, 6.45) is 9.98. The molecular formula is C34H52O6. The van der Waals surface area contributed by atoms with E-state index in [1.807, 2.05) is 0 Å². The van der Waals surface area contributed by atoms with Crippen LogP contribution in [-0.2, 0) is 28.6 Å². The van der Waals surface area contributed by atoms with Gasteiger partial charge in [0, 0.05) is 24.7 Å². The lowest BCUT2D eigenvalue weighted by molar-refractivity contribution is -0.299. The molecule has 0 N–H and O–H groups in total. The zero-order valence-corrected chi connectivity index (χ0v) is 26.2. The molecule has 1 spiro atoms. The normalized spacial score (nSPS) is 52.2. The lowest BCUT2D eigenvalue weighted by atomic mass is 9.30. The summed E-state index contributed by atoms with van der Waals surface area (Å²) >= 11 is 0. The Labute approximate surface area is 241 Å². The van der Waals surface area contributed by atoms with Crippen molar-refractivity contribution in [2.24, 2.45) is 56.7 Å². The Morgan fingerprint density at radius 3 is 2.20 bits per heavy atom. The average Bonchev–Trinajstić information content (AvgIpc) is 2.86. The topological polar surface area (TPSA) is 78.9 Å². The maximum atomic E-state index is 13.6. The highest BCUT2D eigenvalue weighted by atomic mass is 16.6. The van der Waals surface area contributed by atoms with Gasteiger partial charge in [-0.1, -0.05) is 34.6 Å². The molecule has 40 heavy (non-hydrogen) atoms. The molecule has 0 radical (unpaired) electrons. The first kappa shape index (κ1) is 28.5. The van der Waals surface area contributed by atoms with Gasteiger partial charge in [0.2, 0.25) is 0 Å². The molecule has 11 atom stereocenters. The van der Waals surface area contributed by atoms with Gasteiger partial charge in [0.05, 0.1) is 12.0 Å². The monoisotopic (exact) mass is 556 g/mol. The molecule has 5 saturated carbocycles. The van der Waals surface area contributed by atoms with Gasteiger partial charge in [0.15, 0.2) is 0 Å². The second kappa shape index (κ2) is 8.72. The first-order valence-electron chi connectivity index (χ1n) is 16.1. The second-order valence-corrected chi connectivity index (χ2v) is 16.3. The van der Waals surface area contributed by atoms with Crippen LogP contribution in [-0.4, -0.2) is 36.2 Å². The lowest BCUT2D eigenvalue weighted by Crippen LogP contribution is -2.73. The Hall–Kier alpha value is -1.59.